The lowest BCUT2D eigenvalue weighted by Gasteiger charge is -2.13. The van der Waals surface area contributed by atoms with Crippen LogP contribution in [0.25, 0.3) is 28.1 Å². The van der Waals surface area contributed by atoms with Crippen LogP contribution in [0, 0.1) is 13.8 Å². The summed E-state index contributed by atoms with van der Waals surface area (Å²) in [5.74, 6) is 0.388. The fourth-order valence-electron chi connectivity index (χ4n) is 3.96. The number of benzene rings is 4. The maximum absolute atomic E-state index is 13.5. The van der Waals surface area contributed by atoms with E-state index in [1.807, 2.05) is 98.8 Å². The van der Waals surface area contributed by atoms with Crippen molar-refractivity contribution < 1.29 is 8.42 Å². The van der Waals surface area contributed by atoms with Crippen molar-refractivity contribution in [3.63, 3.8) is 0 Å². The third-order valence-corrected chi connectivity index (χ3v) is 7.19. The van der Waals surface area contributed by atoms with E-state index in [4.69, 9.17) is 5.10 Å². The van der Waals surface area contributed by atoms with Gasteiger partial charge < -0.3 is 0 Å². The van der Waals surface area contributed by atoms with Crippen LogP contribution in [-0.2, 0) is 10.0 Å². The quantitative estimate of drug-likeness (QED) is 0.297. The number of aromatic nitrogens is 2. The molecule has 0 amide bonds. The Labute approximate surface area is 205 Å². The maximum atomic E-state index is 13.5. The van der Waals surface area contributed by atoms with Crippen LogP contribution in [0.2, 0.25) is 0 Å². The van der Waals surface area contributed by atoms with E-state index < -0.39 is 10.0 Å². The molecule has 0 aliphatic heterocycles. The zero-order valence-electron chi connectivity index (χ0n) is 19.5. The van der Waals surface area contributed by atoms with Crippen LogP contribution in [0.5, 0.6) is 0 Å². The molecule has 0 spiro atoms. The predicted molar refractivity (Wildman–Crippen MR) is 141 cm³/mol. The van der Waals surface area contributed by atoms with Crippen LogP contribution in [-0.4, -0.2) is 18.2 Å². The number of aryl methyl sites for hydroxylation is 2. The zero-order chi connectivity index (χ0) is 24.4. The molecule has 0 unspecified atom stereocenters. The van der Waals surface area contributed by atoms with Crippen molar-refractivity contribution in [2.75, 3.05) is 4.72 Å². The number of hydrogen-bond acceptors (Lipinski definition) is 3. The number of nitrogens with one attached hydrogen (secondary N) is 1. The summed E-state index contributed by atoms with van der Waals surface area (Å²) < 4.78 is 31.6. The predicted octanol–water partition coefficient (Wildman–Crippen LogP) is 6.62. The van der Waals surface area contributed by atoms with Gasteiger partial charge in [0.05, 0.1) is 16.1 Å². The van der Waals surface area contributed by atoms with Gasteiger partial charge in [-0.05, 0) is 43.7 Å². The van der Waals surface area contributed by atoms with Gasteiger partial charge in [-0.25, -0.2) is 13.1 Å². The summed E-state index contributed by atoms with van der Waals surface area (Å²) in [7, 11) is -3.88. The summed E-state index contributed by atoms with van der Waals surface area (Å²) in [6.07, 6.45) is 0. The fourth-order valence-corrected chi connectivity index (χ4v) is 5.02. The van der Waals surface area contributed by atoms with Gasteiger partial charge in [-0.2, -0.15) is 5.10 Å². The lowest BCUT2D eigenvalue weighted by Crippen LogP contribution is -2.16. The lowest BCUT2D eigenvalue weighted by molar-refractivity contribution is 0.600. The van der Waals surface area contributed by atoms with Crippen LogP contribution in [0.3, 0.4) is 0 Å². The van der Waals surface area contributed by atoms with Crippen molar-refractivity contribution in [3.8, 4) is 28.1 Å². The van der Waals surface area contributed by atoms with E-state index in [-0.39, 0.29) is 4.90 Å². The largest absolute Gasteiger partial charge is 0.263 e. The van der Waals surface area contributed by atoms with Crippen LogP contribution < -0.4 is 4.72 Å². The first kappa shape index (κ1) is 22.6. The number of sulfonamides is 1. The Morgan fingerprint density at radius 2 is 1.20 bits per heavy atom. The Morgan fingerprint density at radius 3 is 1.80 bits per heavy atom. The van der Waals surface area contributed by atoms with Gasteiger partial charge in [0.1, 0.15) is 5.69 Å². The highest BCUT2D eigenvalue weighted by atomic mass is 32.2. The molecule has 0 saturated carbocycles. The molecular weight excluding hydrogens is 454 g/mol. The topological polar surface area (TPSA) is 64.0 Å². The van der Waals surface area contributed by atoms with E-state index in [1.54, 1.807) is 28.9 Å². The molecule has 5 aromatic rings. The van der Waals surface area contributed by atoms with Gasteiger partial charge in [-0.1, -0.05) is 96.1 Å². The third-order valence-electron chi connectivity index (χ3n) is 5.84. The molecule has 6 heteroatoms. The van der Waals surface area contributed by atoms with Crippen molar-refractivity contribution in [2.45, 2.75) is 18.7 Å². The average Bonchev–Trinajstić information content (AvgIpc) is 3.24. The first-order valence-electron chi connectivity index (χ1n) is 11.3. The Balaban J connectivity index is 1.78. The smallest absolute Gasteiger partial charge is 0.263 e. The zero-order valence-corrected chi connectivity index (χ0v) is 20.3. The normalized spacial score (nSPS) is 11.4. The summed E-state index contributed by atoms with van der Waals surface area (Å²) >= 11 is 0. The minimum atomic E-state index is -3.88. The first-order valence-corrected chi connectivity index (χ1v) is 12.8. The van der Waals surface area contributed by atoms with Crippen LogP contribution in [0.1, 0.15) is 11.1 Å². The first-order chi connectivity index (χ1) is 16.9. The Morgan fingerprint density at radius 1 is 0.657 bits per heavy atom. The molecule has 0 atom stereocenters. The Kier molecular flexibility index (Phi) is 5.97. The van der Waals surface area contributed by atoms with E-state index >= 15 is 0 Å². The van der Waals surface area contributed by atoms with Gasteiger partial charge >= 0.3 is 0 Å². The molecule has 1 N–H and O–H groups in total. The second-order valence-electron chi connectivity index (χ2n) is 8.47. The van der Waals surface area contributed by atoms with Gasteiger partial charge in [-0.3, -0.25) is 4.72 Å². The van der Waals surface area contributed by atoms with Crippen molar-refractivity contribution in [1.82, 2.24) is 9.78 Å². The highest BCUT2D eigenvalue weighted by molar-refractivity contribution is 7.92. The molecule has 0 bridgehead atoms. The van der Waals surface area contributed by atoms with Gasteiger partial charge in [0.15, 0.2) is 5.82 Å². The molecular formula is C29H25N3O2S. The van der Waals surface area contributed by atoms with Crippen molar-refractivity contribution in [1.29, 1.82) is 0 Å². The molecule has 5 nitrogen and oxygen atoms in total. The van der Waals surface area contributed by atoms with Crippen molar-refractivity contribution in [3.05, 3.63) is 120 Å². The minimum Gasteiger partial charge on any atom is -0.263 e. The molecule has 1 aromatic heterocycles. The van der Waals surface area contributed by atoms with Gasteiger partial charge in [-0.15, -0.1) is 0 Å². The molecule has 0 fully saturated rings. The molecule has 4 aromatic carbocycles. The van der Waals surface area contributed by atoms with Gasteiger partial charge in [0.2, 0.25) is 0 Å². The molecule has 35 heavy (non-hydrogen) atoms. The molecule has 1 heterocycles. The molecule has 0 aliphatic rings. The molecule has 5 rings (SSSR count). The highest BCUT2D eigenvalue weighted by Crippen LogP contribution is 2.40. The van der Waals surface area contributed by atoms with Crippen LogP contribution in [0.4, 0.5) is 5.82 Å². The number of hydrogen-bond donors (Lipinski definition) is 1. The van der Waals surface area contributed by atoms with Gasteiger partial charge in [0.25, 0.3) is 10.0 Å². The maximum Gasteiger partial charge on any atom is 0.263 e. The second-order valence-corrected chi connectivity index (χ2v) is 10.2. The van der Waals surface area contributed by atoms with Gasteiger partial charge in [0, 0.05) is 5.56 Å². The standard InChI is InChI=1S/C29H25N3O2S/c1-21-13-17-24(18-14-21)28-27(23-9-5-3-6-10-23)29(32(30-28)25-11-7-4-8-12-25)31-35(33,34)26-19-15-22(2)16-20-26/h3-20,31H,1-2H3. The summed E-state index contributed by atoms with van der Waals surface area (Å²) in [6, 6.07) is 34.2. The SMILES string of the molecule is Cc1ccc(-c2nn(-c3ccccc3)c(NS(=O)(=O)c3ccc(C)cc3)c2-c2ccccc2)cc1. The summed E-state index contributed by atoms with van der Waals surface area (Å²) in [6.45, 7) is 3.96. The summed E-state index contributed by atoms with van der Waals surface area (Å²) in [5.41, 5.74) is 6.06. The summed E-state index contributed by atoms with van der Waals surface area (Å²) in [5, 5.41) is 4.94. The number of rotatable bonds is 6. The Bertz CT molecular complexity index is 1560. The summed E-state index contributed by atoms with van der Waals surface area (Å²) in [4.78, 5) is 0.194. The Hall–Kier alpha value is -4.16. The minimum absolute atomic E-state index is 0.194. The number of anilines is 1. The van der Waals surface area contributed by atoms with Crippen LogP contribution in [0.15, 0.2) is 114 Å². The lowest BCUT2D eigenvalue weighted by atomic mass is 10.0. The van der Waals surface area contributed by atoms with Crippen molar-refractivity contribution >= 4 is 15.8 Å². The second kappa shape index (κ2) is 9.24. The molecule has 0 aliphatic carbocycles. The van der Waals surface area contributed by atoms with Crippen LogP contribution >= 0.6 is 0 Å². The van der Waals surface area contributed by atoms with E-state index in [1.165, 1.54) is 0 Å². The number of nitrogens with zero attached hydrogens (tertiary/aromatic N) is 2. The molecule has 174 valence electrons. The number of para-hydroxylation sites is 1. The van der Waals surface area contributed by atoms with E-state index in [2.05, 4.69) is 4.72 Å². The monoisotopic (exact) mass is 479 g/mol. The van der Waals surface area contributed by atoms with E-state index in [9.17, 15) is 8.42 Å². The fraction of sp³-hybridized carbons (Fsp3) is 0.0690. The van der Waals surface area contributed by atoms with E-state index in [0.717, 1.165) is 27.9 Å². The third kappa shape index (κ3) is 4.61. The molecule has 0 radical (unpaired) electrons. The van der Waals surface area contributed by atoms with E-state index in [0.29, 0.717) is 17.1 Å². The highest BCUT2D eigenvalue weighted by Gasteiger charge is 2.26. The van der Waals surface area contributed by atoms with Crippen molar-refractivity contribution in [2.24, 2.45) is 0 Å². The average molecular weight is 480 g/mol. The molecule has 0 saturated heterocycles.